The number of carbonyl (C=O) groups is 2. The zero-order valence-electron chi connectivity index (χ0n) is 15.3. The van der Waals surface area contributed by atoms with E-state index in [-0.39, 0.29) is 18.4 Å². The maximum atomic E-state index is 12.3. The molecule has 27 heavy (non-hydrogen) atoms. The molecule has 0 aromatic heterocycles. The van der Waals surface area contributed by atoms with Gasteiger partial charge in [0.15, 0.2) is 0 Å². The Morgan fingerprint density at radius 3 is 2.30 bits per heavy atom. The summed E-state index contributed by atoms with van der Waals surface area (Å²) in [5, 5.41) is 3.34. The average Bonchev–Trinajstić information content (AvgIpc) is 2.64. The molecule has 144 valence electrons. The van der Waals surface area contributed by atoms with E-state index in [4.69, 9.17) is 27.9 Å². The lowest BCUT2D eigenvalue weighted by Gasteiger charge is -2.17. The number of rotatable bonds is 8. The first kappa shape index (κ1) is 21.1. The maximum Gasteiger partial charge on any atom is 0.244 e. The number of amides is 2. The smallest absolute Gasteiger partial charge is 0.244 e. The predicted octanol–water partition coefficient (Wildman–Crippen LogP) is 4.42. The summed E-state index contributed by atoms with van der Waals surface area (Å²) >= 11 is 12.1. The van der Waals surface area contributed by atoms with Gasteiger partial charge in [-0.15, -0.1) is 0 Å². The summed E-state index contributed by atoms with van der Waals surface area (Å²) in [4.78, 5) is 25.8. The third-order valence-electron chi connectivity index (χ3n) is 3.90. The van der Waals surface area contributed by atoms with Crippen LogP contribution in [0.2, 0.25) is 10.0 Å². The second-order valence-corrected chi connectivity index (χ2v) is 6.79. The number of benzene rings is 2. The van der Waals surface area contributed by atoms with E-state index in [0.717, 1.165) is 11.3 Å². The molecule has 0 aliphatic rings. The Labute approximate surface area is 169 Å². The van der Waals surface area contributed by atoms with Crippen LogP contribution in [0.1, 0.15) is 18.9 Å². The van der Waals surface area contributed by atoms with Gasteiger partial charge in [-0.05, 0) is 43.2 Å². The van der Waals surface area contributed by atoms with Crippen molar-refractivity contribution in [3.05, 3.63) is 58.1 Å². The molecule has 5 nitrogen and oxygen atoms in total. The highest BCUT2D eigenvalue weighted by molar-refractivity contribution is 6.39. The van der Waals surface area contributed by atoms with E-state index in [1.807, 2.05) is 31.2 Å². The van der Waals surface area contributed by atoms with Crippen molar-refractivity contribution in [2.24, 2.45) is 0 Å². The molecule has 0 aliphatic heterocycles. The fraction of sp³-hybridized carbons (Fsp3) is 0.300. The van der Waals surface area contributed by atoms with E-state index in [2.05, 4.69) is 5.32 Å². The number of anilines is 1. The first-order valence-corrected chi connectivity index (χ1v) is 9.36. The van der Waals surface area contributed by atoms with E-state index in [1.54, 1.807) is 25.2 Å². The highest BCUT2D eigenvalue weighted by Gasteiger charge is 2.15. The summed E-state index contributed by atoms with van der Waals surface area (Å²) < 4.78 is 5.40. The fourth-order valence-corrected chi connectivity index (χ4v) is 2.95. The van der Waals surface area contributed by atoms with Crippen LogP contribution in [0.15, 0.2) is 42.5 Å². The molecule has 0 aliphatic carbocycles. The third-order valence-corrected chi connectivity index (χ3v) is 4.53. The van der Waals surface area contributed by atoms with Crippen molar-refractivity contribution in [3.8, 4) is 5.75 Å². The first-order chi connectivity index (χ1) is 12.9. The molecular weight excluding hydrogens is 387 g/mol. The summed E-state index contributed by atoms with van der Waals surface area (Å²) in [6.45, 7) is 2.46. The monoisotopic (exact) mass is 408 g/mol. The molecule has 0 heterocycles. The lowest BCUT2D eigenvalue weighted by Crippen LogP contribution is -2.35. The number of hydrogen-bond donors (Lipinski definition) is 1. The fourth-order valence-electron chi connectivity index (χ4n) is 2.46. The number of hydrogen-bond acceptors (Lipinski definition) is 3. The second kappa shape index (κ2) is 10.2. The van der Waals surface area contributed by atoms with Crippen LogP contribution in [-0.4, -0.2) is 36.9 Å². The highest BCUT2D eigenvalue weighted by Crippen LogP contribution is 2.29. The van der Waals surface area contributed by atoms with Gasteiger partial charge >= 0.3 is 0 Å². The van der Waals surface area contributed by atoms with Gasteiger partial charge in [0, 0.05) is 13.5 Å². The van der Waals surface area contributed by atoms with Crippen LogP contribution in [0.5, 0.6) is 5.75 Å². The zero-order valence-corrected chi connectivity index (χ0v) is 16.8. The molecule has 2 amide bonds. The molecule has 2 aromatic rings. The Balaban J connectivity index is 1.83. The zero-order chi connectivity index (χ0) is 19.8. The Hall–Kier alpha value is -2.24. The lowest BCUT2D eigenvalue weighted by molar-refractivity contribution is -0.133. The largest absolute Gasteiger partial charge is 0.494 e. The van der Waals surface area contributed by atoms with Crippen LogP contribution in [0.3, 0.4) is 0 Å². The van der Waals surface area contributed by atoms with Crippen molar-refractivity contribution in [1.82, 2.24) is 4.90 Å². The van der Waals surface area contributed by atoms with Gasteiger partial charge in [0.1, 0.15) is 5.75 Å². The van der Waals surface area contributed by atoms with Crippen molar-refractivity contribution in [2.45, 2.75) is 19.8 Å². The summed E-state index contributed by atoms with van der Waals surface area (Å²) in [7, 11) is 1.59. The molecule has 0 fully saturated rings. The molecule has 0 unspecified atom stereocenters. The Kier molecular flexibility index (Phi) is 7.95. The highest BCUT2D eigenvalue weighted by atomic mass is 35.5. The number of carbonyl (C=O) groups excluding carboxylic acids is 2. The van der Waals surface area contributed by atoms with Gasteiger partial charge < -0.3 is 15.0 Å². The van der Waals surface area contributed by atoms with Gasteiger partial charge in [0.2, 0.25) is 11.8 Å². The van der Waals surface area contributed by atoms with E-state index < -0.39 is 0 Å². The molecule has 0 bridgehead atoms. The minimum absolute atomic E-state index is 0.0797. The number of aryl methyl sites for hydroxylation is 1. The minimum Gasteiger partial charge on any atom is -0.494 e. The number of likely N-dealkylation sites (N-methyl/N-ethyl adjacent to an activating group) is 1. The molecule has 1 N–H and O–H groups in total. The Morgan fingerprint density at radius 2 is 1.70 bits per heavy atom. The predicted molar refractivity (Wildman–Crippen MR) is 109 cm³/mol. The lowest BCUT2D eigenvalue weighted by atomic mass is 10.1. The maximum absolute atomic E-state index is 12.3. The number of para-hydroxylation sites is 1. The van der Waals surface area contributed by atoms with Gasteiger partial charge in [-0.1, -0.05) is 41.4 Å². The van der Waals surface area contributed by atoms with E-state index >= 15 is 0 Å². The molecule has 0 saturated carbocycles. The SMILES string of the molecule is CCOc1ccc(CCC(=O)N(C)CC(=O)Nc2c(Cl)cccc2Cl)cc1. The van der Waals surface area contributed by atoms with Gasteiger partial charge in [0.25, 0.3) is 0 Å². The molecule has 2 aromatic carbocycles. The van der Waals surface area contributed by atoms with Crippen molar-refractivity contribution in [2.75, 3.05) is 25.5 Å². The minimum atomic E-state index is -0.359. The van der Waals surface area contributed by atoms with E-state index in [1.165, 1.54) is 4.90 Å². The number of nitrogens with one attached hydrogen (secondary N) is 1. The average molecular weight is 409 g/mol. The number of halogens is 2. The van der Waals surface area contributed by atoms with Crippen LogP contribution in [0.25, 0.3) is 0 Å². The standard InChI is InChI=1S/C20H22Cl2N2O3/c1-3-27-15-10-7-14(8-11-15)9-12-19(26)24(2)13-18(25)23-20-16(21)5-4-6-17(20)22/h4-8,10-11H,3,9,12-13H2,1-2H3,(H,23,25). The second-order valence-electron chi connectivity index (χ2n) is 5.97. The first-order valence-electron chi connectivity index (χ1n) is 8.60. The van der Waals surface area contributed by atoms with Gasteiger partial charge in [0.05, 0.1) is 28.9 Å². The molecular formula is C20H22Cl2N2O3. The van der Waals surface area contributed by atoms with Crippen molar-refractivity contribution < 1.29 is 14.3 Å². The Bertz CT molecular complexity index is 774. The van der Waals surface area contributed by atoms with Crippen molar-refractivity contribution in [1.29, 1.82) is 0 Å². The molecule has 0 spiro atoms. The van der Waals surface area contributed by atoms with Gasteiger partial charge in [-0.3, -0.25) is 9.59 Å². The van der Waals surface area contributed by atoms with Crippen LogP contribution in [0.4, 0.5) is 5.69 Å². The van der Waals surface area contributed by atoms with Crippen molar-refractivity contribution >= 4 is 40.7 Å². The topological polar surface area (TPSA) is 58.6 Å². The van der Waals surface area contributed by atoms with E-state index in [9.17, 15) is 9.59 Å². The summed E-state index contributed by atoms with van der Waals surface area (Å²) in [6.07, 6.45) is 0.901. The van der Waals surface area contributed by atoms with Crippen LogP contribution in [-0.2, 0) is 16.0 Å². The molecule has 0 saturated heterocycles. The molecule has 0 atom stereocenters. The third kappa shape index (κ3) is 6.45. The van der Waals surface area contributed by atoms with Crippen LogP contribution in [0, 0.1) is 0 Å². The molecule has 2 rings (SSSR count). The summed E-state index contributed by atoms with van der Waals surface area (Å²) in [6, 6.07) is 12.6. The quantitative estimate of drug-likeness (QED) is 0.702. The summed E-state index contributed by atoms with van der Waals surface area (Å²) in [5.74, 6) is 0.325. The normalized spacial score (nSPS) is 10.4. The van der Waals surface area contributed by atoms with Gasteiger partial charge in [-0.25, -0.2) is 0 Å². The van der Waals surface area contributed by atoms with Crippen LogP contribution < -0.4 is 10.1 Å². The molecule has 0 radical (unpaired) electrons. The Morgan fingerprint density at radius 1 is 1.07 bits per heavy atom. The van der Waals surface area contributed by atoms with Crippen LogP contribution >= 0.6 is 23.2 Å². The van der Waals surface area contributed by atoms with Crippen molar-refractivity contribution in [3.63, 3.8) is 0 Å². The number of nitrogens with zero attached hydrogens (tertiary/aromatic N) is 1. The summed E-state index contributed by atoms with van der Waals surface area (Å²) in [5.41, 5.74) is 1.38. The van der Waals surface area contributed by atoms with E-state index in [0.29, 0.717) is 35.2 Å². The number of ether oxygens (including phenoxy) is 1. The van der Waals surface area contributed by atoms with Gasteiger partial charge in [-0.2, -0.15) is 0 Å². The molecule has 7 heteroatoms.